The van der Waals surface area contributed by atoms with E-state index < -0.39 is 0 Å². The molecular weight excluding hydrogens is 316 g/mol. The quantitative estimate of drug-likeness (QED) is 0.476. The average Bonchev–Trinajstić information content (AvgIpc) is 2.44. The maximum atomic E-state index is 10.5. The van der Waals surface area contributed by atoms with Gasteiger partial charge in [-0.2, -0.15) is 0 Å². The number of hydrogen-bond donors (Lipinski definition) is 1. The molecule has 124 valence electrons. The van der Waals surface area contributed by atoms with Crippen LogP contribution < -0.4 is 4.74 Å². The van der Waals surface area contributed by atoms with Crippen LogP contribution in [0.2, 0.25) is 0 Å². The predicted molar refractivity (Wildman–Crippen MR) is 91.9 cm³/mol. The molecule has 0 aromatic heterocycles. The summed E-state index contributed by atoms with van der Waals surface area (Å²) in [6, 6.07) is 14.4. The Morgan fingerprint density at radius 2 is 1.22 bits per heavy atom. The van der Waals surface area contributed by atoms with Crippen LogP contribution in [0, 0.1) is 13.8 Å². The van der Waals surface area contributed by atoms with E-state index in [1.165, 1.54) is 19.4 Å². The first-order valence-corrected chi connectivity index (χ1v) is 7.25. The van der Waals surface area contributed by atoms with Crippen molar-refractivity contribution in [1.29, 1.82) is 0 Å². The van der Waals surface area contributed by atoms with Crippen LogP contribution in [0.4, 0.5) is 0 Å². The van der Waals surface area contributed by atoms with Gasteiger partial charge in [0.15, 0.2) is 0 Å². The third-order valence-electron chi connectivity index (χ3n) is 2.32. The number of rotatable bonds is 1. The van der Waals surface area contributed by atoms with E-state index >= 15 is 0 Å². The van der Waals surface area contributed by atoms with Gasteiger partial charge in [-0.05, 0) is 49.7 Å². The van der Waals surface area contributed by atoms with Crippen molar-refractivity contribution in [3.05, 3.63) is 59.7 Å². The first kappa shape index (κ1) is 20.7. The smallest absolute Gasteiger partial charge is 0.308 e. The molecule has 0 amide bonds. The van der Waals surface area contributed by atoms with Gasteiger partial charge >= 0.3 is 5.97 Å². The Morgan fingerprint density at radius 3 is 1.52 bits per heavy atom. The van der Waals surface area contributed by atoms with E-state index in [-0.39, 0.29) is 11.2 Å². The Kier molecular flexibility index (Phi) is 10.1. The zero-order valence-corrected chi connectivity index (χ0v) is 14.4. The predicted octanol–water partition coefficient (Wildman–Crippen LogP) is 4.39. The highest BCUT2D eigenvalue weighted by Gasteiger charge is 1.94. The van der Waals surface area contributed by atoms with Crippen molar-refractivity contribution in [3.8, 4) is 11.5 Å². The lowest BCUT2D eigenvalue weighted by atomic mass is 10.2. The molecule has 0 saturated carbocycles. The number of aryl methyl sites for hydroxylation is 2. The molecule has 0 bridgehead atoms. The normalized spacial score (nSPS) is 8.74. The lowest BCUT2D eigenvalue weighted by Crippen LogP contribution is -2.00. The summed E-state index contributed by atoms with van der Waals surface area (Å²) in [5, 5.41) is 8.40. The van der Waals surface area contributed by atoms with E-state index in [9.17, 15) is 9.59 Å². The Labute approximate surface area is 141 Å². The van der Waals surface area contributed by atoms with Crippen LogP contribution in [0.5, 0.6) is 11.5 Å². The van der Waals surface area contributed by atoms with Crippen molar-refractivity contribution >= 4 is 22.8 Å². The summed E-state index contributed by atoms with van der Waals surface area (Å²) in [7, 11) is 0. The summed E-state index contributed by atoms with van der Waals surface area (Å²) in [6.45, 7) is 6.65. The molecule has 5 heteroatoms. The number of phenolic OH excluding ortho intramolecular Hbond substituents is 1. The number of benzene rings is 2. The topological polar surface area (TPSA) is 63.6 Å². The molecular formula is C18H21ClO4. The summed E-state index contributed by atoms with van der Waals surface area (Å²) in [6.07, 6.45) is 0. The van der Waals surface area contributed by atoms with Crippen LogP contribution in [-0.4, -0.2) is 16.3 Å². The van der Waals surface area contributed by atoms with Crippen LogP contribution in [-0.2, 0) is 9.59 Å². The molecule has 0 aliphatic rings. The second kappa shape index (κ2) is 11.3. The van der Waals surface area contributed by atoms with Gasteiger partial charge in [-0.1, -0.05) is 35.4 Å². The third kappa shape index (κ3) is 13.1. The van der Waals surface area contributed by atoms with Gasteiger partial charge in [-0.15, -0.1) is 0 Å². The largest absolute Gasteiger partial charge is 0.508 e. The summed E-state index contributed by atoms with van der Waals surface area (Å²) < 4.78 is 4.83. The molecule has 0 saturated heterocycles. The Bertz CT molecular complexity index is 579. The molecule has 0 atom stereocenters. The first-order valence-electron chi connectivity index (χ1n) is 6.87. The zero-order valence-electron chi connectivity index (χ0n) is 13.7. The van der Waals surface area contributed by atoms with Gasteiger partial charge in [0.05, 0.1) is 0 Å². The second-order valence-electron chi connectivity index (χ2n) is 4.71. The van der Waals surface area contributed by atoms with Gasteiger partial charge in [0.25, 0.3) is 0 Å². The lowest BCUT2D eigenvalue weighted by Gasteiger charge is -1.99. The maximum absolute atomic E-state index is 10.5. The highest BCUT2D eigenvalue weighted by atomic mass is 35.5. The average molecular weight is 337 g/mol. The number of ether oxygens (including phenoxy) is 1. The zero-order chi connectivity index (χ0) is 17.8. The van der Waals surface area contributed by atoms with Gasteiger partial charge in [-0.25, -0.2) is 0 Å². The molecule has 0 aliphatic heterocycles. The van der Waals surface area contributed by atoms with Crippen LogP contribution in [0.1, 0.15) is 25.0 Å². The molecule has 4 nitrogen and oxygen atoms in total. The number of halogens is 1. The van der Waals surface area contributed by atoms with Gasteiger partial charge in [0.2, 0.25) is 5.24 Å². The van der Waals surface area contributed by atoms with E-state index in [1.807, 2.05) is 38.1 Å². The summed E-state index contributed by atoms with van der Waals surface area (Å²) in [4.78, 5) is 19.7. The van der Waals surface area contributed by atoms with E-state index in [0.29, 0.717) is 11.5 Å². The second-order valence-corrected chi connectivity index (χ2v) is 5.24. The Morgan fingerprint density at radius 1 is 0.870 bits per heavy atom. The summed E-state index contributed by atoms with van der Waals surface area (Å²) in [5.41, 5.74) is 2.32. The van der Waals surface area contributed by atoms with Crippen molar-refractivity contribution in [2.24, 2.45) is 0 Å². The van der Waals surface area contributed by atoms with Crippen LogP contribution in [0.25, 0.3) is 0 Å². The van der Waals surface area contributed by atoms with Gasteiger partial charge in [0, 0.05) is 13.8 Å². The molecule has 0 spiro atoms. The van der Waals surface area contributed by atoms with Crippen molar-refractivity contribution < 1.29 is 19.4 Å². The van der Waals surface area contributed by atoms with Crippen molar-refractivity contribution in [2.75, 3.05) is 0 Å². The Balaban J connectivity index is 0.000000354. The Hall–Kier alpha value is -2.33. The SMILES string of the molecule is CC(=O)Cl.CC(=O)Oc1ccc(C)cc1.Cc1ccc(O)cc1. The van der Waals surface area contributed by atoms with E-state index in [1.54, 1.807) is 24.3 Å². The third-order valence-corrected chi connectivity index (χ3v) is 2.32. The van der Waals surface area contributed by atoms with E-state index in [0.717, 1.165) is 5.56 Å². The van der Waals surface area contributed by atoms with Gasteiger partial charge in [0.1, 0.15) is 11.5 Å². The molecule has 0 unspecified atom stereocenters. The molecule has 0 fully saturated rings. The molecule has 2 aromatic carbocycles. The summed E-state index contributed by atoms with van der Waals surface area (Å²) in [5.74, 6) is 0.646. The molecule has 2 rings (SSSR count). The van der Waals surface area contributed by atoms with Crippen molar-refractivity contribution in [2.45, 2.75) is 27.7 Å². The van der Waals surface area contributed by atoms with Crippen molar-refractivity contribution in [3.63, 3.8) is 0 Å². The molecule has 1 N–H and O–H groups in total. The summed E-state index contributed by atoms with van der Waals surface area (Å²) >= 11 is 4.64. The number of phenols is 1. The minimum Gasteiger partial charge on any atom is -0.508 e. The highest BCUT2D eigenvalue weighted by Crippen LogP contribution is 2.11. The molecule has 0 heterocycles. The van der Waals surface area contributed by atoms with Crippen molar-refractivity contribution in [1.82, 2.24) is 0 Å². The number of carbonyl (C=O) groups is 2. The van der Waals surface area contributed by atoms with Crippen LogP contribution in [0.15, 0.2) is 48.5 Å². The number of esters is 1. The number of aromatic hydroxyl groups is 1. The monoisotopic (exact) mass is 336 g/mol. The molecule has 0 aliphatic carbocycles. The molecule has 2 aromatic rings. The number of carbonyl (C=O) groups excluding carboxylic acids is 2. The molecule has 23 heavy (non-hydrogen) atoms. The molecule has 0 radical (unpaired) electrons. The fourth-order valence-corrected chi connectivity index (χ4v) is 1.32. The highest BCUT2D eigenvalue weighted by molar-refractivity contribution is 6.62. The standard InChI is InChI=1S/C9H10O2.C7H8O.C2H3ClO/c1-7-3-5-9(6-4-7)11-8(2)10;1-6-2-4-7(8)5-3-6;1-2(3)4/h3-6H,1-2H3;2-5,8H,1H3;1H3. The minimum absolute atomic E-state index is 0.283. The van der Waals surface area contributed by atoms with E-state index in [2.05, 4.69) is 11.6 Å². The van der Waals surface area contributed by atoms with Gasteiger partial charge < -0.3 is 9.84 Å². The van der Waals surface area contributed by atoms with E-state index in [4.69, 9.17) is 9.84 Å². The van der Waals surface area contributed by atoms with Gasteiger partial charge in [-0.3, -0.25) is 9.59 Å². The fraction of sp³-hybridized carbons (Fsp3) is 0.222. The number of hydrogen-bond acceptors (Lipinski definition) is 4. The minimum atomic E-state index is -0.361. The van der Waals surface area contributed by atoms with Crippen LogP contribution in [0.3, 0.4) is 0 Å². The fourth-order valence-electron chi connectivity index (χ4n) is 1.32. The maximum Gasteiger partial charge on any atom is 0.308 e. The van der Waals surface area contributed by atoms with Crippen LogP contribution >= 0.6 is 11.6 Å². The first-order chi connectivity index (χ1) is 10.7. The lowest BCUT2D eigenvalue weighted by molar-refractivity contribution is -0.131.